The van der Waals surface area contributed by atoms with E-state index in [0.29, 0.717) is 11.1 Å². The summed E-state index contributed by atoms with van der Waals surface area (Å²) in [7, 11) is 0. The Kier molecular flexibility index (Phi) is 4.33. The predicted molar refractivity (Wildman–Crippen MR) is 91.6 cm³/mol. The molecule has 6 heteroatoms. The van der Waals surface area contributed by atoms with Crippen LogP contribution in [0, 0.1) is 0 Å². The molecule has 0 saturated carbocycles. The maximum absolute atomic E-state index is 11.3. The zero-order chi connectivity index (χ0) is 18.8. The summed E-state index contributed by atoms with van der Waals surface area (Å²) < 4.78 is 0. The van der Waals surface area contributed by atoms with Crippen molar-refractivity contribution >= 4 is 23.1 Å². The minimum Gasteiger partial charge on any atom is -0.504 e. The fraction of sp³-hybridized carbons (Fsp3) is 0. The Labute approximate surface area is 147 Å². The van der Waals surface area contributed by atoms with Gasteiger partial charge in [-0.1, -0.05) is 48.5 Å². The fourth-order valence-electron chi connectivity index (χ4n) is 2.60. The van der Waals surface area contributed by atoms with Crippen molar-refractivity contribution in [2.75, 3.05) is 0 Å². The van der Waals surface area contributed by atoms with Gasteiger partial charge in [-0.25, -0.2) is 0 Å². The molecule has 0 unspecified atom stereocenters. The number of ketones is 4. The lowest BCUT2D eigenvalue weighted by molar-refractivity contribution is 0.0939. The molecule has 6 nitrogen and oxygen atoms in total. The van der Waals surface area contributed by atoms with E-state index >= 15 is 0 Å². The van der Waals surface area contributed by atoms with E-state index in [-0.39, 0.29) is 22.7 Å². The first kappa shape index (κ1) is 17.0. The summed E-state index contributed by atoms with van der Waals surface area (Å²) in [5.41, 5.74) is 1.25. The first-order chi connectivity index (χ1) is 12.4. The van der Waals surface area contributed by atoms with Crippen LogP contribution in [0.5, 0.6) is 0 Å². The highest BCUT2D eigenvalue weighted by molar-refractivity contribution is 6.24. The Balaban J connectivity index is 0.000000151. The van der Waals surface area contributed by atoms with Crippen LogP contribution < -0.4 is 0 Å². The van der Waals surface area contributed by atoms with Gasteiger partial charge in [0.05, 0.1) is 0 Å². The third-order valence-electron chi connectivity index (χ3n) is 3.88. The highest BCUT2D eigenvalue weighted by atomic mass is 16.3. The van der Waals surface area contributed by atoms with Gasteiger partial charge in [0.15, 0.2) is 23.1 Å². The molecule has 0 radical (unpaired) electrons. The molecule has 0 bridgehead atoms. The van der Waals surface area contributed by atoms with E-state index in [1.54, 1.807) is 36.4 Å². The Bertz CT molecular complexity index is 943. The van der Waals surface area contributed by atoms with E-state index in [1.165, 1.54) is 12.1 Å². The average Bonchev–Trinajstić information content (AvgIpc) is 2.65. The van der Waals surface area contributed by atoms with Crippen molar-refractivity contribution in [2.45, 2.75) is 0 Å². The van der Waals surface area contributed by atoms with Crippen LogP contribution in [-0.4, -0.2) is 33.3 Å². The number of carbonyl (C=O) groups is 4. The molecular weight excluding hydrogens is 336 g/mol. The van der Waals surface area contributed by atoms with Crippen LogP contribution in [0.25, 0.3) is 0 Å². The van der Waals surface area contributed by atoms with Gasteiger partial charge < -0.3 is 10.2 Å². The number of aliphatic hydroxyl groups is 2. The van der Waals surface area contributed by atoms with E-state index < -0.39 is 23.1 Å². The minimum atomic E-state index is -0.491. The summed E-state index contributed by atoms with van der Waals surface area (Å²) in [6.45, 7) is 0. The molecule has 0 fully saturated rings. The number of fused-ring (bicyclic) bond motifs is 2. The van der Waals surface area contributed by atoms with Crippen LogP contribution in [0.2, 0.25) is 0 Å². The lowest BCUT2D eigenvalue weighted by Gasteiger charge is -2.09. The van der Waals surface area contributed by atoms with Gasteiger partial charge in [-0.05, 0) is 0 Å². The number of rotatable bonds is 0. The monoisotopic (exact) mass is 348 g/mol. The molecule has 4 rings (SSSR count). The van der Waals surface area contributed by atoms with Crippen molar-refractivity contribution in [3.8, 4) is 0 Å². The number of allylic oxidation sites excluding steroid dienone is 4. The van der Waals surface area contributed by atoms with Crippen molar-refractivity contribution in [1.29, 1.82) is 0 Å². The number of Topliss-reactive ketones (excluding diaryl/α,β-unsaturated/α-hetero) is 2. The Hall–Kier alpha value is -3.80. The zero-order valence-corrected chi connectivity index (χ0v) is 13.3. The van der Waals surface area contributed by atoms with Crippen molar-refractivity contribution in [2.24, 2.45) is 0 Å². The fourth-order valence-corrected chi connectivity index (χ4v) is 2.60. The molecule has 0 spiro atoms. The number of hydrogen-bond donors (Lipinski definition) is 2. The van der Waals surface area contributed by atoms with E-state index in [2.05, 4.69) is 0 Å². The summed E-state index contributed by atoms with van der Waals surface area (Å²) in [5, 5.41) is 18.2. The van der Waals surface area contributed by atoms with Crippen LogP contribution in [0.15, 0.2) is 72.2 Å². The molecule has 0 aromatic heterocycles. The molecule has 2 aromatic carbocycles. The van der Waals surface area contributed by atoms with Gasteiger partial charge in [0, 0.05) is 34.4 Å². The zero-order valence-electron chi connectivity index (χ0n) is 13.3. The molecule has 2 aliphatic carbocycles. The maximum Gasteiger partial charge on any atom is 0.228 e. The summed E-state index contributed by atoms with van der Waals surface area (Å²) in [4.78, 5) is 45.1. The van der Waals surface area contributed by atoms with Crippen molar-refractivity contribution in [3.05, 3.63) is 94.5 Å². The first-order valence-corrected chi connectivity index (χ1v) is 7.57. The quantitative estimate of drug-likeness (QED) is 0.757. The minimum absolute atomic E-state index is 0.271. The van der Waals surface area contributed by atoms with Gasteiger partial charge in [-0.2, -0.15) is 0 Å². The van der Waals surface area contributed by atoms with Crippen molar-refractivity contribution < 1.29 is 29.4 Å². The van der Waals surface area contributed by atoms with Crippen molar-refractivity contribution in [3.63, 3.8) is 0 Å². The topological polar surface area (TPSA) is 109 Å². The van der Waals surface area contributed by atoms with Crippen LogP contribution in [-0.2, 0) is 0 Å². The molecule has 26 heavy (non-hydrogen) atoms. The molecule has 0 heterocycles. The van der Waals surface area contributed by atoms with Gasteiger partial charge in [0.25, 0.3) is 0 Å². The first-order valence-electron chi connectivity index (χ1n) is 7.57. The molecule has 2 aliphatic rings. The molecule has 0 saturated heterocycles. The van der Waals surface area contributed by atoms with Crippen LogP contribution in [0.3, 0.4) is 0 Å². The molecular formula is C20H12O6. The third-order valence-corrected chi connectivity index (χ3v) is 3.88. The van der Waals surface area contributed by atoms with E-state index in [4.69, 9.17) is 10.2 Å². The average molecular weight is 348 g/mol. The van der Waals surface area contributed by atoms with Gasteiger partial charge in [-0.3, -0.25) is 19.2 Å². The van der Waals surface area contributed by atoms with Gasteiger partial charge in [0.1, 0.15) is 0 Å². The SMILES string of the molecule is O=C1C=C(O)C(=O)c2ccccc21.O=C1C=C(O)C(=O)c2ccccc21. The second-order valence-corrected chi connectivity index (χ2v) is 5.54. The summed E-state index contributed by atoms with van der Waals surface area (Å²) in [6.07, 6.45) is 1.90. The van der Waals surface area contributed by atoms with Gasteiger partial charge >= 0.3 is 0 Å². The number of carbonyl (C=O) groups excluding carboxylic acids is 4. The number of aliphatic hydroxyl groups excluding tert-OH is 2. The Morgan fingerprint density at radius 3 is 1.15 bits per heavy atom. The Morgan fingerprint density at radius 1 is 0.500 bits per heavy atom. The van der Waals surface area contributed by atoms with E-state index in [1.807, 2.05) is 0 Å². The second-order valence-electron chi connectivity index (χ2n) is 5.54. The molecule has 2 aromatic rings. The molecule has 128 valence electrons. The lowest BCUT2D eigenvalue weighted by Crippen LogP contribution is -2.16. The molecule has 0 amide bonds. The van der Waals surface area contributed by atoms with Gasteiger partial charge in [-0.15, -0.1) is 0 Å². The van der Waals surface area contributed by atoms with Crippen molar-refractivity contribution in [1.82, 2.24) is 0 Å². The highest BCUT2D eigenvalue weighted by Crippen LogP contribution is 2.20. The van der Waals surface area contributed by atoms with Crippen LogP contribution in [0.4, 0.5) is 0 Å². The van der Waals surface area contributed by atoms with Crippen LogP contribution >= 0.6 is 0 Å². The standard InChI is InChI=1S/2C10H6O3/c2*11-8-5-9(12)10(13)7-4-2-1-3-6(7)8/h2*1-5,12H. The molecule has 0 aliphatic heterocycles. The summed E-state index contributed by atoms with van der Waals surface area (Å²) in [5.74, 6) is -2.60. The van der Waals surface area contributed by atoms with Gasteiger partial charge in [0.2, 0.25) is 11.6 Å². The normalized spacial score (nSPS) is 15.2. The Morgan fingerprint density at radius 2 is 0.808 bits per heavy atom. The van der Waals surface area contributed by atoms with E-state index in [0.717, 1.165) is 12.2 Å². The number of benzene rings is 2. The smallest absolute Gasteiger partial charge is 0.228 e. The lowest BCUT2D eigenvalue weighted by atomic mass is 9.94. The third kappa shape index (κ3) is 2.95. The second kappa shape index (κ2) is 6.60. The largest absolute Gasteiger partial charge is 0.504 e. The highest BCUT2D eigenvalue weighted by Gasteiger charge is 2.25. The number of hydrogen-bond acceptors (Lipinski definition) is 6. The maximum atomic E-state index is 11.3. The summed E-state index contributed by atoms with van der Waals surface area (Å²) in [6, 6.07) is 12.9. The predicted octanol–water partition coefficient (Wildman–Crippen LogP) is 3.02. The summed E-state index contributed by atoms with van der Waals surface area (Å²) >= 11 is 0. The van der Waals surface area contributed by atoms with E-state index in [9.17, 15) is 19.2 Å². The molecule has 0 atom stereocenters. The molecule has 2 N–H and O–H groups in total. The van der Waals surface area contributed by atoms with Crippen LogP contribution in [0.1, 0.15) is 41.4 Å².